The van der Waals surface area contributed by atoms with Crippen molar-refractivity contribution >= 4 is 28.1 Å². The Labute approximate surface area is 182 Å². The van der Waals surface area contributed by atoms with E-state index in [0.29, 0.717) is 29.7 Å². The molecule has 30 heavy (non-hydrogen) atoms. The van der Waals surface area contributed by atoms with Crippen molar-refractivity contribution in [2.75, 3.05) is 12.4 Å². The molecule has 152 valence electrons. The van der Waals surface area contributed by atoms with Crippen LogP contribution in [0.3, 0.4) is 0 Å². The summed E-state index contributed by atoms with van der Waals surface area (Å²) in [6.45, 7) is 3.13. The number of halogens is 1. The van der Waals surface area contributed by atoms with Crippen molar-refractivity contribution in [2.45, 2.75) is 20.1 Å². The molecule has 0 heterocycles. The van der Waals surface area contributed by atoms with Crippen molar-refractivity contribution in [3.63, 3.8) is 0 Å². The van der Waals surface area contributed by atoms with Gasteiger partial charge < -0.3 is 14.8 Å². The second-order valence-electron chi connectivity index (χ2n) is 7.26. The molecule has 0 radical (unpaired) electrons. The molecule has 3 nitrogen and oxygen atoms in total. The van der Waals surface area contributed by atoms with Gasteiger partial charge in [-0.05, 0) is 41.6 Å². The number of benzene rings is 4. The smallest absolute Gasteiger partial charge is 0.180 e. The number of anilines is 1. The maximum absolute atomic E-state index is 6.55. The highest BCUT2D eigenvalue weighted by Crippen LogP contribution is 2.37. The third kappa shape index (κ3) is 4.52. The van der Waals surface area contributed by atoms with Crippen molar-refractivity contribution in [1.29, 1.82) is 0 Å². The van der Waals surface area contributed by atoms with Crippen LogP contribution in [0.15, 0.2) is 78.9 Å². The normalized spacial score (nSPS) is 10.8. The van der Waals surface area contributed by atoms with E-state index in [1.54, 1.807) is 7.11 Å². The maximum Gasteiger partial charge on any atom is 0.180 e. The highest BCUT2D eigenvalue weighted by atomic mass is 35.5. The lowest BCUT2D eigenvalue weighted by Crippen LogP contribution is -2.03. The van der Waals surface area contributed by atoms with Crippen molar-refractivity contribution in [1.82, 2.24) is 0 Å². The van der Waals surface area contributed by atoms with Gasteiger partial charge in [0.1, 0.15) is 6.61 Å². The highest BCUT2D eigenvalue weighted by molar-refractivity contribution is 6.32. The summed E-state index contributed by atoms with van der Waals surface area (Å²) in [7, 11) is 1.63. The summed E-state index contributed by atoms with van der Waals surface area (Å²) in [5, 5.41) is 6.45. The van der Waals surface area contributed by atoms with Crippen molar-refractivity contribution in [3.8, 4) is 11.5 Å². The fraction of sp³-hybridized carbons (Fsp3) is 0.154. The predicted molar refractivity (Wildman–Crippen MR) is 125 cm³/mol. The molecular weight excluding hydrogens is 394 g/mol. The molecule has 0 spiro atoms. The first-order valence-electron chi connectivity index (χ1n) is 9.90. The molecule has 0 saturated heterocycles. The lowest BCUT2D eigenvalue weighted by Gasteiger charge is -2.15. The number of aryl methyl sites for hydroxylation is 1. The van der Waals surface area contributed by atoms with Crippen LogP contribution in [-0.2, 0) is 13.2 Å². The number of rotatable bonds is 7. The monoisotopic (exact) mass is 417 g/mol. The van der Waals surface area contributed by atoms with E-state index in [1.165, 1.54) is 16.3 Å². The van der Waals surface area contributed by atoms with Crippen molar-refractivity contribution < 1.29 is 9.47 Å². The second kappa shape index (κ2) is 9.10. The third-order valence-electron chi connectivity index (χ3n) is 5.07. The zero-order valence-corrected chi connectivity index (χ0v) is 17.9. The molecule has 4 rings (SSSR count). The van der Waals surface area contributed by atoms with Gasteiger partial charge in [0.2, 0.25) is 0 Å². The second-order valence-corrected chi connectivity index (χ2v) is 7.67. The zero-order chi connectivity index (χ0) is 20.9. The molecule has 0 saturated carbocycles. The molecule has 4 aromatic carbocycles. The Morgan fingerprint density at radius 3 is 2.43 bits per heavy atom. The van der Waals surface area contributed by atoms with E-state index in [2.05, 4.69) is 66.8 Å². The van der Waals surface area contributed by atoms with E-state index in [-0.39, 0.29) is 0 Å². The Bertz CT molecular complexity index is 1150. The molecule has 0 aliphatic heterocycles. The van der Waals surface area contributed by atoms with Gasteiger partial charge in [0, 0.05) is 17.6 Å². The Morgan fingerprint density at radius 2 is 1.63 bits per heavy atom. The van der Waals surface area contributed by atoms with Crippen LogP contribution >= 0.6 is 11.6 Å². The Morgan fingerprint density at radius 1 is 0.867 bits per heavy atom. The summed E-state index contributed by atoms with van der Waals surface area (Å²) in [5.74, 6) is 1.19. The largest absolute Gasteiger partial charge is 0.493 e. The maximum atomic E-state index is 6.55. The molecule has 0 unspecified atom stereocenters. The summed E-state index contributed by atoms with van der Waals surface area (Å²) in [5.41, 5.74) is 4.41. The molecule has 0 aliphatic carbocycles. The van der Waals surface area contributed by atoms with Gasteiger partial charge in [0.05, 0.1) is 12.1 Å². The fourth-order valence-corrected chi connectivity index (χ4v) is 3.72. The molecule has 0 bridgehead atoms. The molecule has 0 atom stereocenters. The minimum absolute atomic E-state index is 0.434. The van der Waals surface area contributed by atoms with Gasteiger partial charge in [-0.2, -0.15) is 0 Å². The summed E-state index contributed by atoms with van der Waals surface area (Å²) < 4.78 is 11.5. The molecule has 0 aliphatic rings. The molecule has 4 aromatic rings. The SMILES string of the molecule is COc1cc(CNc2cccc3ccccc23)cc(Cl)c1OCc1ccc(C)cc1. The molecule has 4 heteroatoms. The van der Waals surface area contributed by atoms with E-state index in [0.717, 1.165) is 16.8 Å². The number of fused-ring (bicyclic) bond motifs is 1. The topological polar surface area (TPSA) is 30.5 Å². The van der Waals surface area contributed by atoms with Gasteiger partial charge in [-0.1, -0.05) is 77.8 Å². The Balaban J connectivity index is 1.50. The first-order chi connectivity index (χ1) is 14.6. The standard InChI is InChI=1S/C26H24ClNO2/c1-18-10-12-19(13-11-18)17-30-26-23(27)14-20(15-25(26)29-2)16-28-24-9-5-7-21-6-3-4-8-22(21)24/h3-15,28H,16-17H2,1-2H3. The average molecular weight is 418 g/mol. The van der Waals surface area contributed by atoms with Crippen LogP contribution in [0.4, 0.5) is 5.69 Å². The molecule has 1 N–H and O–H groups in total. The average Bonchev–Trinajstić information content (AvgIpc) is 2.77. The zero-order valence-electron chi connectivity index (χ0n) is 17.1. The Hall–Kier alpha value is -3.17. The summed E-state index contributed by atoms with van der Waals surface area (Å²) in [6.07, 6.45) is 0. The lowest BCUT2D eigenvalue weighted by molar-refractivity contribution is 0.284. The molecule has 0 fully saturated rings. The van der Waals surface area contributed by atoms with Crippen LogP contribution in [0, 0.1) is 6.92 Å². The molecular formula is C26H24ClNO2. The van der Waals surface area contributed by atoms with E-state index in [9.17, 15) is 0 Å². The summed E-state index contributed by atoms with van der Waals surface area (Å²) >= 11 is 6.55. The number of ether oxygens (including phenoxy) is 2. The number of nitrogens with one attached hydrogen (secondary N) is 1. The first-order valence-corrected chi connectivity index (χ1v) is 10.3. The van der Waals surface area contributed by atoms with Gasteiger partial charge in [-0.15, -0.1) is 0 Å². The minimum atomic E-state index is 0.434. The number of hydrogen-bond acceptors (Lipinski definition) is 3. The summed E-state index contributed by atoms with van der Waals surface area (Å²) in [4.78, 5) is 0. The third-order valence-corrected chi connectivity index (χ3v) is 5.35. The van der Waals surface area contributed by atoms with Crippen LogP contribution in [0.5, 0.6) is 11.5 Å². The van der Waals surface area contributed by atoms with E-state index < -0.39 is 0 Å². The highest BCUT2D eigenvalue weighted by Gasteiger charge is 2.13. The lowest BCUT2D eigenvalue weighted by atomic mass is 10.1. The van der Waals surface area contributed by atoms with Crippen LogP contribution in [-0.4, -0.2) is 7.11 Å². The Kier molecular flexibility index (Phi) is 6.10. The predicted octanol–water partition coefficient (Wildman–Crippen LogP) is 7.00. The van der Waals surface area contributed by atoms with Crippen LogP contribution in [0.2, 0.25) is 5.02 Å². The number of hydrogen-bond donors (Lipinski definition) is 1. The molecule has 0 aromatic heterocycles. The van der Waals surface area contributed by atoms with Crippen LogP contribution < -0.4 is 14.8 Å². The minimum Gasteiger partial charge on any atom is -0.493 e. The van der Waals surface area contributed by atoms with Gasteiger partial charge in [-0.3, -0.25) is 0 Å². The quantitative estimate of drug-likeness (QED) is 0.351. The molecule has 0 amide bonds. The van der Waals surface area contributed by atoms with Crippen LogP contribution in [0.25, 0.3) is 10.8 Å². The fourth-order valence-electron chi connectivity index (χ4n) is 3.43. The first kappa shape index (κ1) is 20.1. The van der Waals surface area contributed by atoms with Gasteiger partial charge in [0.15, 0.2) is 11.5 Å². The van der Waals surface area contributed by atoms with Gasteiger partial charge in [-0.25, -0.2) is 0 Å². The van der Waals surface area contributed by atoms with E-state index >= 15 is 0 Å². The van der Waals surface area contributed by atoms with Gasteiger partial charge >= 0.3 is 0 Å². The van der Waals surface area contributed by atoms with Crippen molar-refractivity contribution in [2.24, 2.45) is 0 Å². The van der Waals surface area contributed by atoms with E-state index in [1.807, 2.05) is 24.3 Å². The van der Waals surface area contributed by atoms with Gasteiger partial charge in [0.25, 0.3) is 0 Å². The summed E-state index contributed by atoms with van der Waals surface area (Å²) in [6, 6.07) is 26.7. The van der Waals surface area contributed by atoms with E-state index in [4.69, 9.17) is 21.1 Å². The van der Waals surface area contributed by atoms with Crippen molar-refractivity contribution in [3.05, 3.63) is 101 Å². The number of methoxy groups -OCH3 is 1. The van der Waals surface area contributed by atoms with Crippen LogP contribution in [0.1, 0.15) is 16.7 Å².